The first-order valence-electron chi connectivity index (χ1n) is 7.25. The molecule has 0 bridgehead atoms. The van der Waals surface area contributed by atoms with Crippen molar-refractivity contribution in [3.8, 4) is 0 Å². The minimum Gasteiger partial charge on any atom is -0.352 e. The Morgan fingerprint density at radius 3 is 2.67 bits per heavy atom. The summed E-state index contributed by atoms with van der Waals surface area (Å²) < 4.78 is 0. The molecule has 1 aromatic rings. The number of rotatable bonds is 4. The molecule has 1 aliphatic rings. The van der Waals surface area contributed by atoms with Crippen molar-refractivity contribution >= 4 is 11.6 Å². The second kappa shape index (κ2) is 6.67. The summed E-state index contributed by atoms with van der Waals surface area (Å²) in [5.41, 5.74) is 7.31. The van der Waals surface area contributed by atoms with Crippen LogP contribution in [0.4, 0.5) is 5.69 Å². The highest BCUT2D eigenvalue weighted by atomic mass is 16.6. The number of nitrogens with zero attached hydrogens (tertiary/aromatic N) is 1. The first-order valence-corrected chi connectivity index (χ1v) is 7.25. The van der Waals surface area contributed by atoms with Gasteiger partial charge in [-0.05, 0) is 38.2 Å². The lowest BCUT2D eigenvalue weighted by atomic mass is 9.86. The van der Waals surface area contributed by atoms with Crippen LogP contribution in [0.25, 0.3) is 0 Å². The largest absolute Gasteiger partial charge is 0.352 e. The maximum atomic E-state index is 12.1. The molecule has 6 nitrogen and oxygen atoms in total. The summed E-state index contributed by atoms with van der Waals surface area (Å²) in [4.78, 5) is 22.6. The third-order valence-corrected chi connectivity index (χ3v) is 4.21. The zero-order valence-electron chi connectivity index (χ0n) is 12.2. The highest BCUT2D eigenvalue weighted by Crippen LogP contribution is 2.24. The van der Waals surface area contributed by atoms with Crippen LogP contribution in [0.2, 0.25) is 0 Å². The molecule has 0 spiro atoms. The van der Waals surface area contributed by atoms with Crippen LogP contribution in [0.5, 0.6) is 0 Å². The average molecular weight is 291 g/mol. The Kier molecular flexibility index (Phi) is 4.90. The van der Waals surface area contributed by atoms with E-state index in [0.29, 0.717) is 12.1 Å². The Balaban J connectivity index is 1.95. The molecule has 0 unspecified atom stereocenters. The number of hydrogen-bond acceptors (Lipinski definition) is 4. The van der Waals surface area contributed by atoms with Gasteiger partial charge >= 0.3 is 0 Å². The first kappa shape index (κ1) is 15.4. The summed E-state index contributed by atoms with van der Waals surface area (Å²) in [7, 11) is 0. The smallest absolute Gasteiger partial charge is 0.272 e. The number of nitro groups is 1. The SMILES string of the molecule is Cc1c(CNC(=O)C2CCC(N)CC2)cccc1[N+](=O)[O-]. The number of carbonyl (C=O) groups is 1. The van der Waals surface area contributed by atoms with Gasteiger partial charge in [0.2, 0.25) is 5.91 Å². The molecule has 0 heterocycles. The van der Waals surface area contributed by atoms with Crippen molar-refractivity contribution in [3.05, 3.63) is 39.4 Å². The fourth-order valence-electron chi connectivity index (χ4n) is 2.77. The van der Waals surface area contributed by atoms with Gasteiger partial charge in [0, 0.05) is 30.1 Å². The number of hydrogen-bond donors (Lipinski definition) is 2. The number of carbonyl (C=O) groups excluding carboxylic acids is 1. The van der Waals surface area contributed by atoms with Gasteiger partial charge in [0.15, 0.2) is 0 Å². The van der Waals surface area contributed by atoms with Crippen LogP contribution in [0, 0.1) is 23.0 Å². The molecule has 0 aromatic heterocycles. The summed E-state index contributed by atoms with van der Waals surface area (Å²) in [5, 5.41) is 13.8. The standard InChI is InChI=1S/C15H21N3O3/c1-10-12(3-2-4-14(10)18(20)21)9-17-15(19)11-5-7-13(16)8-6-11/h2-4,11,13H,5-9,16H2,1H3,(H,17,19). The average Bonchev–Trinajstić information content (AvgIpc) is 2.46. The van der Waals surface area contributed by atoms with Crippen molar-refractivity contribution in [2.45, 2.75) is 45.2 Å². The van der Waals surface area contributed by atoms with Crippen molar-refractivity contribution < 1.29 is 9.72 Å². The molecule has 6 heteroatoms. The van der Waals surface area contributed by atoms with E-state index in [9.17, 15) is 14.9 Å². The van der Waals surface area contributed by atoms with Crippen molar-refractivity contribution in [1.82, 2.24) is 5.32 Å². The van der Waals surface area contributed by atoms with Crippen LogP contribution in [-0.2, 0) is 11.3 Å². The summed E-state index contributed by atoms with van der Waals surface area (Å²) in [5.74, 6) is 0.0385. The summed E-state index contributed by atoms with van der Waals surface area (Å²) in [6, 6.07) is 5.14. The van der Waals surface area contributed by atoms with E-state index >= 15 is 0 Å². The topological polar surface area (TPSA) is 98.3 Å². The number of nitrogens with one attached hydrogen (secondary N) is 1. The Morgan fingerprint density at radius 2 is 2.05 bits per heavy atom. The van der Waals surface area contributed by atoms with Gasteiger partial charge in [0.25, 0.3) is 5.69 Å². The maximum absolute atomic E-state index is 12.1. The van der Waals surface area contributed by atoms with E-state index in [1.807, 2.05) is 0 Å². The lowest BCUT2D eigenvalue weighted by molar-refractivity contribution is -0.385. The van der Waals surface area contributed by atoms with E-state index in [4.69, 9.17) is 5.73 Å². The fraction of sp³-hybridized carbons (Fsp3) is 0.533. The van der Waals surface area contributed by atoms with Gasteiger partial charge in [-0.15, -0.1) is 0 Å². The number of amides is 1. The quantitative estimate of drug-likeness (QED) is 0.655. The van der Waals surface area contributed by atoms with Crippen LogP contribution >= 0.6 is 0 Å². The normalized spacial score (nSPS) is 21.8. The molecule has 0 aliphatic heterocycles. The molecule has 114 valence electrons. The molecule has 1 aromatic carbocycles. The predicted molar refractivity (Wildman–Crippen MR) is 79.6 cm³/mol. The molecule has 0 atom stereocenters. The van der Waals surface area contributed by atoms with Crippen LogP contribution in [0.3, 0.4) is 0 Å². The summed E-state index contributed by atoms with van der Waals surface area (Å²) in [6.07, 6.45) is 3.41. The molecule has 0 saturated heterocycles. The zero-order chi connectivity index (χ0) is 15.4. The molecule has 2 rings (SSSR count). The van der Waals surface area contributed by atoms with Crippen LogP contribution in [0.15, 0.2) is 18.2 Å². The Morgan fingerprint density at radius 1 is 1.38 bits per heavy atom. The van der Waals surface area contributed by atoms with Crippen molar-refractivity contribution in [1.29, 1.82) is 0 Å². The minimum atomic E-state index is -0.400. The Bertz CT molecular complexity index is 537. The lowest BCUT2D eigenvalue weighted by Gasteiger charge is -2.25. The highest BCUT2D eigenvalue weighted by Gasteiger charge is 2.24. The van der Waals surface area contributed by atoms with Crippen LogP contribution < -0.4 is 11.1 Å². The summed E-state index contributed by atoms with van der Waals surface area (Å²) >= 11 is 0. The van der Waals surface area contributed by atoms with Crippen molar-refractivity contribution in [3.63, 3.8) is 0 Å². The molecule has 1 saturated carbocycles. The third kappa shape index (κ3) is 3.78. The second-order valence-corrected chi connectivity index (χ2v) is 5.65. The van der Waals surface area contributed by atoms with Gasteiger partial charge in [0.05, 0.1) is 4.92 Å². The van der Waals surface area contributed by atoms with Gasteiger partial charge in [-0.1, -0.05) is 12.1 Å². The van der Waals surface area contributed by atoms with Crippen molar-refractivity contribution in [2.24, 2.45) is 11.7 Å². The molecule has 3 N–H and O–H groups in total. The van der Waals surface area contributed by atoms with Crippen LogP contribution in [0.1, 0.15) is 36.8 Å². The number of benzene rings is 1. The number of nitro benzene ring substituents is 1. The van der Waals surface area contributed by atoms with Gasteiger partial charge < -0.3 is 11.1 Å². The molecule has 1 fully saturated rings. The van der Waals surface area contributed by atoms with Gasteiger partial charge in [-0.2, -0.15) is 0 Å². The van der Waals surface area contributed by atoms with E-state index in [1.54, 1.807) is 19.1 Å². The van der Waals surface area contributed by atoms with E-state index in [2.05, 4.69) is 5.32 Å². The van der Waals surface area contributed by atoms with E-state index in [1.165, 1.54) is 6.07 Å². The van der Waals surface area contributed by atoms with Gasteiger partial charge in [-0.3, -0.25) is 14.9 Å². The monoisotopic (exact) mass is 291 g/mol. The Labute approximate surface area is 123 Å². The maximum Gasteiger partial charge on any atom is 0.272 e. The van der Waals surface area contributed by atoms with Crippen LogP contribution in [-0.4, -0.2) is 16.9 Å². The lowest BCUT2D eigenvalue weighted by Crippen LogP contribution is -2.36. The highest BCUT2D eigenvalue weighted by molar-refractivity contribution is 5.78. The molecule has 1 aliphatic carbocycles. The molecular weight excluding hydrogens is 270 g/mol. The molecular formula is C15H21N3O3. The third-order valence-electron chi connectivity index (χ3n) is 4.21. The zero-order valence-corrected chi connectivity index (χ0v) is 12.2. The van der Waals surface area contributed by atoms with Crippen molar-refractivity contribution in [2.75, 3.05) is 0 Å². The van der Waals surface area contributed by atoms with E-state index in [0.717, 1.165) is 31.2 Å². The van der Waals surface area contributed by atoms with Gasteiger partial charge in [0.1, 0.15) is 0 Å². The second-order valence-electron chi connectivity index (χ2n) is 5.65. The number of nitrogens with two attached hydrogens (primary N) is 1. The fourth-order valence-corrected chi connectivity index (χ4v) is 2.77. The minimum absolute atomic E-state index is 0.0174. The molecule has 1 amide bonds. The van der Waals surface area contributed by atoms with E-state index in [-0.39, 0.29) is 23.6 Å². The predicted octanol–water partition coefficient (Wildman–Crippen LogP) is 2.04. The first-order chi connectivity index (χ1) is 9.99. The summed E-state index contributed by atoms with van der Waals surface area (Å²) in [6.45, 7) is 2.04. The van der Waals surface area contributed by atoms with E-state index < -0.39 is 4.92 Å². The Hall–Kier alpha value is -1.95. The molecule has 21 heavy (non-hydrogen) atoms. The molecule has 0 radical (unpaired) electrons. The van der Waals surface area contributed by atoms with Gasteiger partial charge in [-0.25, -0.2) is 0 Å².